The second-order valence-electron chi connectivity index (χ2n) is 15.1. The van der Waals surface area contributed by atoms with Crippen molar-refractivity contribution in [3.63, 3.8) is 0 Å². The molecule has 7 aromatic rings. The zero-order valence-electron chi connectivity index (χ0n) is 34.3. The van der Waals surface area contributed by atoms with Gasteiger partial charge in [-0.25, -0.2) is 29.9 Å². The van der Waals surface area contributed by atoms with Gasteiger partial charge in [0.05, 0.1) is 48.1 Å². The number of halogens is 2. The lowest BCUT2D eigenvalue weighted by atomic mass is 9.92. The Morgan fingerprint density at radius 3 is 1.02 bits per heavy atom. The number of aromatic amines is 2. The van der Waals surface area contributed by atoms with Gasteiger partial charge in [-0.3, -0.25) is 0 Å². The van der Waals surface area contributed by atoms with Crippen molar-refractivity contribution >= 4 is 69.6 Å². The Kier molecular flexibility index (Phi) is 9.85. The first-order valence-corrected chi connectivity index (χ1v) is 20.1. The first-order valence-electron chi connectivity index (χ1n) is 19.4. The third kappa shape index (κ3) is 6.52. The molecule has 9 rings (SSSR count). The zero-order chi connectivity index (χ0) is 42.0. The van der Waals surface area contributed by atoms with Gasteiger partial charge in [0.2, 0.25) is 11.8 Å². The number of benzene rings is 2. The molecule has 0 radical (unpaired) electrons. The number of ether oxygens (including phenoxy) is 2. The number of fused-ring (bicyclic) bond motifs is 8. The highest BCUT2D eigenvalue weighted by Crippen LogP contribution is 2.44. The molecule has 5 aromatic heterocycles. The van der Waals surface area contributed by atoms with Crippen molar-refractivity contribution in [3.8, 4) is 56.3 Å². The quantitative estimate of drug-likeness (QED) is 0.159. The van der Waals surface area contributed by atoms with E-state index in [2.05, 4.69) is 108 Å². The highest BCUT2D eigenvalue weighted by atomic mass is 35.5. The van der Waals surface area contributed by atoms with E-state index in [-0.39, 0.29) is 10.3 Å². The molecule has 2 aliphatic rings. The Hall–Kier alpha value is -6.62. The third-order valence-electron chi connectivity index (χ3n) is 11.0. The lowest BCUT2D eigenvalue weighted by Crippen LogP contribution is -1.98. The van der Waals surface area contributed by atoms with Crippen LogP contribution < -0.4 is 9.47 Å². The summed E-state index contributed by atoms with van der Waals surface area (Å²) in [5, 5.41) is 0.461. The predicted molar refractivity (Wildman–Crippen MR) is 243 cm³/mol. The van der Waals surface area contributed by atoms with Gasteiger partial charge in [-0.05, 0) is 123 Å². The molecule has 0 amide bonds. The molecule has 0 saturated heterocycles. The van der Waals surface area contributed by atoms with Crippen LogP contribution in [0.1, 0.15) is 56.2 Å². The van der Waals surface area contributed by atoms with Crippen LogP contribution in [0.25, 0.3) is 90.9 Å². The second kappa shape index (κ2) is 15.2. The molecular formula is C48H40Cl2N8O2. The zero-order valence-corrected chi connectivity index (χ0v) is 35.9. The van der Waals surface area contributed by atoms with E-state index in [0.717, 1.165) is 78.0 Å². The summed E-state index contributed by atoms with van der Waals surface area (Å²) in [5.41, 5.74) is 19.0. The molecule has 10 nitrogen and oxygen atoms in total. The van der Waals surface area contributed by atoms with Crippen molar-refractivity contribution in [2.75, 3.05) is 14.2 Å². The number of nitrogens with one attached hydrogen (secondary N) is 2. The summed E-state index contributed by atoms with van der Waals surface area (Å²) in [4.78, 5) is 36.2. The van der Waals surface area contributed by atoms with Gasteiger partial charge in [-0.15, -0.1) is 0 Å². The van der Waals surface area contributed by atoms with Crippen LogP contribution in [-0.4, -0.2) is 54.1 Å². The largest absolute Gasteiger partial charge is 0.480 e. The van der Waals surface area contributed by atoms with E-state index in [4.69, 9.17) is 42.6 Å². The fourth-order valence-electron chi connectivity index (χ4n) is 8.83. The fraction of sp³-hybridized carbons (Fsp3) is 0.167. The number of rotatable bonds is 6. The normalized spacial score (nSPS) is 12.0. The molecular weight excluding hydrogens is 791 g/mol. The van der Waals surface area contributed by atoms with Crippen molar-refractivity contribution in [2.45, 2.75) is 41.5 Å². The van der Waals surface area contributed by atoms with E-state index in [1.54, 1.807) is 14.2 Å². The van der Waals surface area contributed by atoms with Crippen molar-refractivity contribution < 1.29 is 9.47 Å². The van der Waals surface area contributed by atoms with Crippen LogP contribution >= 0.6 is 23.2 Å². The Labute approximate surface area is 357 Å². The fourth-order valence-corrected chi connectivity index (χ4v) is 9.27. The molecule has 0 aliphatic carbocycles. The molecule has 0 spiro atoms. The SMILES string of the molecule is COc1ncnc(Cl)c1-c1c2nc(c(-c3c(C)cc(C)cc3C)c3ccc([nH]3)c(-c3c(Cl)ncnc3OC)c3nc(c(-c4c(C)cc(C)cc4C)c4ccc1[nH]4)C=C3)C=C2. The van der Waals surface area contributed by atoms with Crippen LogP contribution in [0.3, 0.4) is 0 Å². The molecule has 0 unspecified atom stereocenters. The summed E-state index contributed by atoms with van der Waals surface area (Å²) >= 11 is 14.0. The monoisotopic (exact) mass is 830 g/mol. The number of hydrogen-bond donors (Lipinski definition) is 2. The van der Waals surface area contributed by atoms with Crippen molar-refractivity contribution in [1.82, 2.24) is 39.9 Å². The lowest BCUT2D eigenvalue weighted by molar-refractivity contribution is 0.398. The van der Waals surface area contributed by atoms with E-state index in [1.165, 1.54) is 23.8 Å². The summed E-state index contributed by atoms with van der Waals surface area (Å²) in [5.74, 6) is 0.643. The van der Waals surface area contributed by atoms with Gasteiger partial charge in [0.15, 0.2) is 0 Å². The molecule has 2 aromatic carbocycles. The molecule has 2 N–H and O–H groups in total. The molecule has 7 heterocycles. The van der Waals surface area contributed by atoms with Crippen molar-refractivity contribution in [2.24, 2.45) is 0 Å². The number of H-pyrrole nitrogens is 2. The summed E-state index contributed by atoms with van der Waals surface area (Å²) in [6.07, 6.45) is 10.9. The molecule has 12 heteroatoms. The highest BCUT2D eigenvalue weighted by Gasteiger charge is 2.25. The van der Waals surface area contributed by atoms with Gasteiger partial charge in [0, 0.05) is 44.3 Å². The van der Waals surface area contributed by atoms with Crippen LogP contribution in [0.15, 0.2) is 61.2 Å². The maximum atomic E-state index is 6.98. The van der Waals surface area contributed by atoms with E-state index >= 15 is 0 Å². The minimum Gasteiger partial charge on any atom is -0.480 e. The molecule has 0 atom stereocenters. The summed E-state index contributed by atoms with van der Waals surface area (Å²) < 4.78 is 11.7. The molecule has 8 bridgehead atoms. The van der Waals surface area contributed by atoms with Gasteiger partial charge < -0.3 is 19.4 Å². The first kappa shape index (κ1) is 38.9. The average molecular weight is 832 g/mol. The molecule has 60 heavy (non-hydrogen) atoms. The minimum atomic E-state index is 0.231. The summed E-state index contributed by atoms with van der Waals surface area (Å²) in [6, 6.07) is 16.9. The van der Waals surface area contributed by atoms with Crippen LogP contribution in [-0.2, 0) is 0 Å². The summed E-state index contributed by atoms with van der Waals surface area (Å²) in [7, 11) is 3.14. The maximum absolute atomic E-state index is 6.98. The van der Waals surface area contributed by atoms with E-state index in [0.29, 0.717) is 45.4 Å². The number of aryl methyl sites for hydroxylation is 6. The predicted octanol–water partition coefficient (Wildman–Crippen LogP) is 12.1. The Balaban J connectivity index is 1.55. The Morgan fingerprint density at radius 1 is 0.417 bits per heavy atom. The van der Waals surface area contributed by atoms with Gasteiger partial charge in [-0.2, -0.15) is 0 Å². The topological polar surface area (TPSA) is 127 Å². The Morgan fingerprint density at radius 2 is 0.717 bits per heavy atom. The van der Waals surface area contributed by atoms with Crippen LogP contribution in [0.2, 0.25) is 10.3 Å². The molecule has 298 valence electrons. The smallest absolute Gasteiger partial charge is 0.225 e. The number of hydrogen-bond acceptors (Lipinski definition) is 8. The van der Waals surface area contributed by atoms with Crippen molar-refractivity contribution in [3.05, 3.63) is 128 Å². The van der Waals surface area contributed by atoms with Gasteiger partial charge in [0.25, 0.3) is 0 Å². The number of aromatic nitrogens is 8. The maximum Gasteiger partial charge on any atom is 0.225 e. The van der Waals surface area contributed by atoms with Crippen LogP contribution in [0, 0.1) is 41.5 Å². The van der Waals surface area contributed by atoms with Crippen molar-refractivity contribution in [1.29, 1.82) is 0 Å². The first-order chi connectivity index (χ1) is 28.9. The lowest BCUT2D eigenvalue weighted by Gasteiger charge is -2.14. The third-order valence-corrected chi connectivity index (χ3v) is 11.6. The van der Waals surface area contributed by atoms with Gasteiger partial charge in [0.1, 0.15) is 23.0 Å². The molecule has 0 fully saturated rings. The van der Waals surface area contributed by atoms with Crippen LogP contribution in [0.4, 0.5) is 0 Å². The Bertz CT molecular complexity index is 2920. The molecule has 2 aliphatic heterocycles. The van der Waals surface area contributed by atoms with Gasteiger partial charge in [-0.1, -0.05) is 58.6 Å². The summed E-state index contributed by atoms with van der Waals surface area (Å²) in [6.45, 7) is 12.7. The highest BCUT2D eigenvalue weighted by molar-refractivity contribution is 6.33. The second-order valence-corrected chi connectivity index (χ2v) is 15.9. The van der Waals surface area contributed by atoms with Gasteiger partial charge >= 0.3 is 0 Å². The van der Waals surface area contributed by atoms with E-state index in [9.17, 15) is 0 Å². The number of nitrogens with zero attached hydrogens (tertiary/aromatic N) is 6. The average Bonchev–Trinajstić information content (AvgIpc) is 4.05. The molecule has 0 saturated carbocycles. The van der Waals surface area contributed by atoms with E-state index in [1.807, 2.05) is 36.4 Å². The van der Waals surface area contributed by atoms with Crippen LogP contribution in [0.5, 0.6) is 11.8 Å². The van der Waals surface area contributed by atoms with E-state index < -0.39 is 0 Å². The standard InChI is InChI=1S/C48H40Cl2N8O2/c1-23-17-25(3)37(26(4)18-23)39-29-9-13-33(55-29)41(43-45(49)51-21-53-47(43)59-7)35-15-11-31(57-35)40(38-27(5)19-24(2)20-28(38)6)32-12-16-36(58-32)42(34-14-10-30(39)56-34)44-46(50)52-22-54-48(44)60-8/h9-22,55,58H,1-8H3. The minimum absolute atomic E-state index is 0.231. The number of methoxy groups -OCH3 is 2.